The summed E-state index contributed by atoms with van der Waals surface area (Å²) in [6.07, 6.45) is 3.50. The van der Waals surface area contributed by atoms with Crippen LogP contribution in [-0.2, 0) is 4.74 Å². The Labute approximate surface area is 125 Å². The lowest BCUT2D eigenvalue weighted by Gasteiger charge is -2.33. The van der Waals surface area contributed by atoms with E-state index in [2.05, 4.69) is 29.1 Å². The molecule has 0 bridgehead atoms. The van der Waals surface area contributed by atoms with Crippen LogP contribution < -0.4 is 11.1 Å². The number of amides is 1. The number of rotatable bonds is 3. The third-order valence-corrected chi connectivity index (χ3v) is 3.72. The molecule has 2 rings (SSSR count). The maximum Gasteiger partial charge on any atom is 0.271 e. The molecule has 5 heteroatoms. The largest absolute Gasteiger partial charge is 0.381 e. The molecular weight excluding hydrogens is 266 g/mol. The van der Waals surface area contributed by atoms with Crippen molar-refractivity contribution in [3.8, 4) is 11.8 Å². The highest BCUT2D eigenvalue weighted by Gasteiger charge is 2.28. The van der Waals surface area contributed by atoms with E-state index in [1.165, 1.54) is 0 Å². The maximum absolute atomic E-state index is 12.3. The molecule has 0 atom stereocenters. The van der Waals surface area contributed by atoms with E-state index in [0.717, 1.165) is 26.1 Å². The Morgan fingerprint density at radius 2 is 2.29 bits per heavy atom. The average Bonchev–Trinajstić information content (AvgIpc) is 2.52. The molecular formula is C16H21N3O2. The normalized spacial score (nSPS) is 16.7. The van der Waals surface area contributed by atoms with Crippen LogP contribution in [0.4, 0.5) is 0 Å². The fourth-order valence-corrected chi connectivity index (χ4v) is 2.25. The molecule has 0 aromatic carbocycles. The number of nitrogens with zero attached hydrogens (tertiary/aromatic N) is 1. The number of pyridine rings is 1. The molecule has 0 aliphatic carbocycles. The van der Waals surface area contributed by atoms with Crippen LogP contribution in [0.3, 0.4) is 0 Å². The van der Waals surface area contributed by atoms with E-state index in [1.54, 1.807) is 18.3 Å². The quantitative estimate of drug-likeness (QED) is 0.811. The van der Waals surface area contributed by atoms with Crippen LogP contribution in [0.2, 0.25) is 0 Å². The van der Waals surface area contributed by atoms with Crippen molar-refractivity contribution in [1.29, 1.82) is 0 Å². The Kier molecular flexibility index (Phi) is 5.32. The lowest BCUT2D eigenvalue weighted by atomic mass is 9.82. The minimum atomic E-state index is -0.190. The van der Waals surface area contributed by atoms with Crippen molar-refractivity contribution in [3.63, 3.8) is 0 Å². The molecule has 1 fully saturated rings. The van der Waals surface area contributed by atoms with E-state index in [1.807, 2.05) is 0 Å². The summed E-state index contributed by atoms with van der Waals surface area (Å²) in [7, 11) is 0. The van der Waals surface area contributed by atoms with Gasteiger partial charge in [-0.2, -0.15) is 0 Å². The summed E-state index contributed by atoms with van der Waals surface area (Å²) in [5, 5.41) is 2.97. The number of nitrogens with one attached hydrogen (secondary N) is 1. The van der Waals surface area contributed by atoms with Crippen LogP contribution in [0.5, 0.6) is 0 Å². The maximum atomic E-state index is 12.3. The van der Waals surface area contributed by atoms with Crippen LogP contribution in [0.25, 0.3) is 0 Å². The zero-order valence-electron chi connectivity index (χ0n) is 12.3. The molecule has 1 aliphatic heterocycles. The van der Waals surface area contributed by atoms with Crippen LogP contribution in [0.1, 0.15) is 35.8 Å². The Balaban J connectivity index is 2.03. The summed E-state index contributed by atoms with van der Waals surface area (Å²) in [6, 6.07) is 3.54. The molecule has 112 valence electrons. The predicted octanol–water partition coefficient (Wildman–Crippen LogP) is 0.938. The summed E-state index contributed by atoms with van der Waals surface area (Å²) >= 11 is 0. The molecule has 0 unspecified atom stereocenters. The first-order chi connectivity index (χ1) is 10.1. The number of carbonyl (C=O) groups excluding carboxylic acids is 1. The molecule has 21 heavy (non-hydrogen) atoms. The van der Waals surface area contributed by atoms with Crippen molar-refractivity contribution < 1.29 is 9.53 Å². The van der Waals surface area contributed by atoms with Gasteiger partial charge in [0.05, 0.1) is 12.1 Å². The highest BCUT2D eigenvalue weighted by molar-refractivity contribution is 5.94. The number of nitrogens with two attached hydrogens (primary N) is 1. The van der Waals surface area contributed by atoms with Crippen molar-refractivity contribution in [2.75, 3.05) is 26.3 Å². The third kappa shape index (κ3) is 4.28. The molecule has 1 amide bonds. The molecule has 0 spiro atoms. The van der Waals surface area contributed by atoms with E-state index in [-0.39, 0.29) is 17.9 Å². The first-order valence-electron chi connectivity index (χ1n) is 7.14. The van der Waals surface area contributed by atoms with Crippen molar-refractivity contribution >= 4 is 5.91 Å². The minimum absolute atomic E-state index is 0.0891. The van der Waals surface area contributed by atoms with Gasteiger partial charge in [0, 0.05) is 26.0 Å². The molecule has 1 aliphatic rings. The number of hydrogen-bond donors (Lipinski definition) is 2. The molecule has 1 aromatic heterocycles. The first-order valence-corrected chi connectivity index (χ1v) is 7.14. The van der Waals surface area contributed by atoms with Gasteiger partial charge in [-0.25, -0.2) is 4.98 Å². The molecule has 3 N–H and O–H groups in total. The summed E-state index contributed by atoms with van der Waals surface area (Å²) in [6.45, 7) is 4.55. The summed E-state index contributed by atoms with van der Waals surface area (Å²) in [4.78, 5) is 16.4. The van der Waals surface area contributed by atoms with Crippen LogP contribution in [0.15, 0.2) is 18.3 Å². The molecule has 2 heterocycles. The average molecular weight is 287 g/mol. The van der Waals surface area contributed by atoms with Crippen LogP contribution in [0, 0.1) is 17.3 Å². The standard InChI is InChI=1S/C16H21N3O2/c1-16(6-10-21-11-7-16)12-19-15(20)14-13(4-2-8-17)5-3-9-18-14/h3,5,9H,6-8,10-12,17H2,1H3,(H,19,20). The van der Waals surface area contributed by atoms with Crippen molar-refractivity contribution in [2.24, 2.45) is 11.1 Å². The topological polar surface area (TPSA) is 77.2 Å². The van der Waals surface area contributed by atoms with Gasteiger partial charge in [0.15, 0.2) is 0 Å². The number of aromatic nitrogens is 1. The van der Waals surface area contributed by atoms with Crippen LogP contribution >= 0.6 is 0 Å². The monoisotopic (exact) mass is 287 g/mol. The fourth-order valence-electron chi connectivity index (χ4n) is 2.25. The Morgan fingerprint density at radius 3 is 3.00 bits per heavy atom. The molecule has 0 saturated carbocycles. The summed E-state index contributed by atoms with van der Waals surface area (Å²) < 4.78 is 5.36. The van der Waals surface area contributed by atoms with Gasteiger partial charge in [-0.3, -0.25) is 4.79 Å². The van der Waals surface area contributed by atoms with Gasteiger partial charge in [-0.05, 0) is 30.4 Å². The van der Waals surface area contributed by atoms with E-state index < -0.39 is 0 Å². The van der Waals surface area contributed by atoms with E-state index in [0.29, 0.717) is 17.8 Å². The zero-order chi connectivity index (χ0) is 15.1. The SMILES string of the molecule is CC1(CNC(=O)c2ncccc2C#CCN)CCOCC1. The Morgan fingerprint density at radius 1 is 1.52 bits per heavy atom. The second-order valence-corrected chi connectivity index (χ2v) is 5.51. The van der Waals surface area contributed by atoms with E-state index >= 15 is 0 Å². The minimum Gasteiger partial charge on any atom is -0.381 e. The highest BCUT2D eigenvalue weighted by Crippen LogP contribution is 2.28. The van der Waals surface area contributed by atoms with Gasteiger partial charge < -0.3 is 15.8 Å². The summed E-state index contributed by atoms with van der Waals surface area (Å²) in [5.74, 6) is 5.45. The second-order valence-electron chi connectivity index (χ2n) is 5.51. The molecule has 5 nitrogen and oxygen atoms in total. The van der Waals surface area contributed by atoms with Gasteiger partial charge in [0.25, 0.3) is 5.91 Å². The highest BCUT2D eigenvalue weighted by atomic mass is 16.5. The van der Waals surface area contributed by atoms with Crippen LogP contribution in [-0.4, -0.2) is 37.2 Å². The molecule has 1 saturated heterocycles. The second kappa shape index (κ2) is 7.21. The molecule has 0 radical (unpaired) electrons. The van der Waals surface area contributed by atoms with E-state index in [9.17, 15) is 4.79 Å². The zero-order valence-corrected chi connectivity index (χ0v) is 12.3. The van der Waals surface area contributed by atoms with Crippen molar-refractivity contribution in [3.05, 3.63) is 29.6 Å². The fraction of sp³-hybridized carbons (Fsp3) is 0.500. The summed E-state index contributed by atoms with van der Waals surface area (Å²) in [5.41, 5.74) is 6.42. The molecule has 1 aromatic rings. The first kappa shape index (κ1) is 15.5. The van der Waals surface area contributed by atoms with Gasteiger partial charge in [0.1, 0.15) is 5.69 Å². The lowest BCUT2D eigenvalue weighted by molar-refractivity contribution is 0.0238. The number of carbonyl (C=O) groups is 1. The third-order valence-electron chi connectivity index (χ3n) is 3.72. The Hall–Kier alpha value is -1.90. The predicted molar refractivity (Wildman–Crippen MR) is 80.7 cm³/mol. The van der Waals surface area contributed by atoms with Crippen molar-refractivity contribution in [2.45, 2.75) is 19.8 Å². The van der Waals surface area contributed by atoms with Gasteiger partial charge >= 0.3 is 0 Å². The van der Waals surface area contributed by atoms with E-state index in [4.69, 9.17) is 10.5 Å². The van der Waals surface area contributed by atoms with Crippen molar-refractivity contribution in [1.82, 2.24) is 10.3 Å². The van der Waals surface area contributed by atoms with Gasteiger partial charge in [0.2, 0.25) is 0 Å². The lowest BCUT2D eigenvalue weighted by Crippen LogP contribution is -2.39. The smallest absolute Gasteiger partial charge is 0.271 e. The number of ether oxygens (including phenoxy) is 1. The number of hydrogen-bond acceptors (Lipinski definition) is 4. The van der Waals surface area contributed by atoms with Gasteiger partial charge in [-0.15, -0.1) is 0 Å². The van der Waals surface area contributed by atoms with Gasteiger partial charge in [-0.1, -0.05) is 18.8 Å². The Bertz CT molecular complexity index is 554.